The lowest BCUT2D eigenvalue weighted by Gasteiger charge is -2.26. The smallest absolute Gasteiger partial charge is 0.241 e. The van der Waals surface area contributed by atoms with E-state index in [1.54, 1.807) is 29.4 Å². The second kappa shape index (κ2) is 11.3. The van der Waals surface area contributed by atoms with Crippen LogP contribution < -0.4 is 9.62 Å². The monoisotopic (exact) mass is 564 g/mol. The predicted molar refractivity (Wildman–Crippen MR) is 148 cm³/mol. The summed E-state index contributed by atoms with van der Waals surface area (Å²) in [5.74, 6) is -0.576. The molecular weight excluding hydrogens is 534 g/mol. The summed E-state index contributed by atoms with van der Waals surface area (Å²) >= 11 is 0. The molecule has 2 atom stereocenters. The fourth-order valence-corrected chi connectivity index (χ4v) is 6.35. The highest BCUT2D eigenvalue weighted by atomic mass is 32.2. The van der Waals surface area contributed by atoms with Crippen LogP contribution in [0.4, 0.5) is 14.5 Å². The zero-order valence-corrected chi connectivity index (χ0v) is 23.0. The van der Waals surface area contributed by atoms with Gasteiger partial charge in [-0.2, -0.15) is 0 Å². The van der Waals surface area contributed by atoms with Crippen LogP contribution in [0, 0.1) is 11.6 Å². The Morgan fingerprint density at radius 1 is 1.10 bits per heavy atom. The minimum atomic E-state index is -3.97. The number of imidazole rings is 1. The Morgan fingerprint density at radius 2 is 1.88 bits per heavy atom. The summed E-state index contributed by atoms with van der Waals surface area (Å²) in [5, 5.41) is 0. The van der Waals surface area contributed by atoms with E-state index >= 15 is 0 Å². The minimum absolute atomic E-state index is 0.140. The Hall–Kier alpha value is -3.89. The van der Waals surface area contributed by atoms with Gasteiger partial charge in [-0.1, -0.05) is 31.2 Å². The molecule has 0 saturated carbocycles. The lowest BCUT2D eigenvalue weighted by Crippen LogP contribution is -2.32. The highest BCUT2D eigenvalue weighted by Crippen LogP contribution is 2.36. The molecule has 208 valence electrons. The predicted octanol–water partition coefficient (Wildman–Crippen LogP) is 5.39. The van der Waals surface area contributed by atoms with E-state index < -0.39 is 21.9 Å². The van der Waals surface area contributed by atoms with Gasteiger partial charge in [0, 0.05) is 37.6 Å². The molecular formula is C30H30F2N4O3S. The lowest BCUT2D eigenvalue weighted by molar-refractivity contribution is -0.119. The minimum Gasteiger partial charge on any atom is -0.337 e. The van der Waals surface area contributed by atoms with Crippen molar-refractivity contribution in [2.75, 3.05) is 4.90 Å². The first-order valence-electron chi connectivity index (χ1n) is 13.0. The molecule has 7 nitrogen and oxygen atoms in total. The number of aryl methyl sites for hydroxylation is 2. The average Bonchev–Trinajstić information content (AvgIpc) is 3.52. The molecule has 0 radical (unpaired) electrons. The normalized spacial score (nSPS) is 15.6. The van der Waals surface area contributed by atoms with E-state index in [-0.39, 0.29) is 35.5 Å². The number of fused-ring (bicyclic) bond motifs is 1. The van der Waals surface area contributed by atoms with E-state index in [0.717, 1.165) is 22.8 Å². The molecule has 5 rings (SSSR count). The molecule has 1 N–H and O–H groups in total. The average molecular weight is 565 g/mol. The van der Waals surface area contributed by atoms with Crippen LogP contribution in [-0.2, 0) is 34.8 Å². The van der Waals surface area contributed by atoms with Crippen LogP contribution in [0.3, 0.4) is 0 Å². The molecule has 1 aliphatic carbocycles. The first kappa shape index (κ1) is 27.7. The van der Waals surface area contributed by atoms with E-state index in [0.29, 0.717) is 24.4 Å². The van der Waals surface area contributed by atoms with Crippen molar-refractivity contribution in [2.45, 2.75) is 49.6 Å². The second-order valence-electron chi connectivity index (χ2n) is 10.1. The largest absolute Gasteiger partial charge is 0.337 e. The van der Waals surface area contributed by atoms with Gasteiger partial charge >= 0.3 is 0 Å². The molecule has 0 bridgehead atoms. The highest BCUT2D eigenvalue weighted by molar-refractivity contribution is 7.89. The number of nitrogens with one attached hydrogen (secondary N) is 1. The summed E-state index contributed by atoms with van der Waals surface area (Å²) in [6.07, 6.45) is 4.87. The van der Waals surface area contributed by atoms with Crippen LogP contribution in [0.25, 0.3) is 0 Å². The molecule has 1 heterocycles. The third-order valence-electron chi connectivity index (χ3n) is 7.36. The maximum atomic E-state index is 13.7. The lowest BCUT2D eigenvalue weighted by atomic mass is 9.97. The van der Waals surface area contributed by atoms with Crippen molar-refractivity contribution < 1.29 is 22.0 Å². The number of aromatic nitrogens is 2. The number of carbonyl (C=O) groups excluding carboxylic acids is 1. The van der Waals surface area contributed by atoms with Crippen LogP contribution >= 0.6 is 0 Å². The fraction of sp³-hybridized carbons (Fsp3) is 0.267. The number of halogens is 2. The van der Waals surface area contributed by atoms with Gasteiger partial charge in [-0.05, 0) is 77.9 Å². The first-order valence-corrected chi connectivity index (χ1v) is 14.5. The maximum absolute atomic E-state index is 13.7. The Bertz CT molecular complexity index is 1640. The summed E-state index contributed by atoms with van der Waals surface area (Å²) in [7, 11) is -2.11. The molecule has 10 heteroatoms. The van der Waals surface area contributed by atoms with Gasteiger partial charge in [-0.3, -0.25) is 4.79 Å². The van der Waals surface area contributed by atoms with Crippen molar-refractivity contribution in [1.82, 2.24) is 14.3 Å². The first-order chi connectivity index (χ1) is 19.1. The fourth-order valence-electron chi connectivity index (χ4n) is 5.06. The highest BCUT2D eigenvalue weighted by Gasteiger charge is 2.30. The van der Waals surface area contributed by atoms with Crippen LogP contribution in [0.1, 0.15) is 54.2 Å². The van der Waals surface area contributed by atoms with Gasteiger partial charge in [0.05, 0.1) is 11.4 Å². The van der Waals surface area contributed by atoms with Crippen molar-refractivity contribution >= 4 is 21.6 Å². The van der Waals surface area contributed by atoms with E-state index in [9.17, 15) is 22.0 Å². The molecule has 0 spiro atoms. The van der Waals surface area contributed by atoms with E-state index in [2.05, 4.69) is 9.71 Å². The zero-order valence-electron chi connectivity index (χ0n) is 22.2. The number of benzene rings is 3. The SMILES string of the molecule is C[C@H](CC(=O)N(Cc1nccn1C)c1ccc2c(c1)[C@@H](NS(=O)(=O)c1cccc(F)c1)CC2)c1ccc(F)cc1. The molecule has 40 heavy (non-hydrogen) atoms. The molecule has 0 aliphatic heterocycles. The number of hydrogen-bond acceptors (Lipinski definition) is 4. The summed E-state index contributed by atoms with van der Waals surface area (Å²) in [6, 6.07) is 16.1. The summed E-state index contributed by atoms with van der Waals surface area (Å²) in [6.45, 7) is 2.14. The Morgan fingerprint density at radius 3 is 2.58 bits per heavy atom. The van der Waals surface area contributed by atoms with Gasteiger partial charge in [0.2, 0.25) is 15.9 Å². The Balaban J connectivity index is 1.43. The van der Waals surface area contributed by atoms with Crippen molar-refractivity contribution in [3.05, 3.63) is 113 Å². The maximum Gasteiger partial charge on any atom is 0.241 e. The number of sulfonamides is 1. The second-order valence-corrected chi connectivity index (χ2v) is 11.9. The third kappa shape index (κ3) is 5.97. The van der Waals surface area contributed by atoms with E-state index in [1.165, 1.54) is 30.3 Å². The summed E-state index contributed by atoms with van der Waals surface area (Å²) < 4.78 is 57.8. The molecule has 3 aromatic carbocycles. The van der Waals surface area contributed by atoms with Crippen molar-refractivity contribution in [3.8, 4) is 0 Å². The van der Waals surface area contributed by atoms with E-state index in [4.69, 9.17) is 0 Å². The Labute approximate surface area is 232 Å². The van der Waals surface area contributed by atoms with Gasteiger partial charge in [0.1, 0.15) is 17.5 Å². The molecule has 0 saturated heterocycles. The summed E-state index contributed by atoms with van der Waals surface area (Å²) in [5.41, 5.74) is 3.24. The van der Waals surface area contributed by atoms with Crippen LogP contribution in [0.2, 0.25) is 0 Å². The van der Waals surface area contributed by atoms with Crippen LogP contribution in [-0.4, -0.2) is 23.9 Å². The molecule has 1 aliphatic rings. The van der Waals surface area contributed by atoms with Gasteiger partial charge in [-0.15, -0.1) is 0 Å². The molecule has 0 unspecified atom stereocenters. The molecule has 4 aromatic rings. The van der Waals surface area contributed by atoms with E-state index in [1.807, 2.05) is 36.7 Å². The van der Waals surface area contributed by atoms with Gasteiger partial charge in [-0.25, -0.2) is 26.9 Å². The van der Waals surface area contributed by atoms with Crippen molar-refractivity contribution in [3.63, 3.8) is 0 Å². The third-order valence-corrected chi connectivity index (χ3v) is 8.83. The Kier molecular flexibility index (Phi) is 7.82. The van der Waals surface area contributed by atoms with Gasteiger partial charge in [0.15, 0.2) is 0 Å². The molecule has 0 fully saturated rings. The number of anilines is 1. The number of carbonyl (C=O) groups is 1. The van der Waals surface area contributed by atoms with Crippen LogP contribution in [0.15, 0.2) is 84.0 Å². The topological polar surface area (TPSA) is 84.3 Å². The molecule has 1 aromatic heterocycles. The number of rotatable bonds is 9. The van der Waals surface area contributed by atoms with Gasteiger partial charge in [0.25, 0.3) is 0 Å². The van der Waals surface area contributed by atoms with Crippen molar-refractivity contribution in [2.24, 2.45) is 7.05 Å². The van der Waals surface area contributed by atoms with Crippen LogP contribution in [0.5, 0.6) is 0 Å². The number of amides is 1. The summed E-state index contributed by atoms with van der Waals surface area (Å²) in [4.78, 5) is 19.6. The number of hydrogen-bond donors (Lipinski definition) is 1. The molecule has 1 amide bonds. The van der Waals surface area contributed by atoms with Gasteiger partial charge < -0.3 is 9.47 Å². The zero-order chi connectivity index (χ0) is 28.4. The quantitative estimate of drug-likeness (QED) is 0.296. The van der Waals surface area contributed by atoms with Crippen molar-refractivity contribution in [1.29, 1.82) is 0 Å². The number of nitrogens with zero attached hydrogens (tertiary/aromatic N) is 3. The standard InChI is InChI=1S/C30H30F2N4O3S/c1-20(21-6-10-23(31)11-7-21)16-30(37)36(19-29-33-14-15-35(29)2)25-12-8-22-9-13-28(27(22)18-25)34-40(38,39)26-5-3-4-24(32)17-26/h3-8,10-12,14-15,17-18,20,28,34H,9,13,16,19H2,1-2H3/t20-,28+/m1/s1.